The second-order valence-corrected chi connectivity index (χ2v) is 6.21. The molecule has 2 amide bonds. The second kappa shape index (κ2) is 6.42. The highest BCUT2D eigenvalue weighted by Gasteiger charge is 2.37. The second-order valence-electron chi connectivity index (χ2n) is 6.21. The van der Waals surface area contributed by atoms with Crippen LogP contribution < -0.4 is 0 Å². The lowest BCUT2D eigenvalue weighted by Gasteiger charge is -2.35. The molecular formula is C16H26N2O2. The standard InChI is InChI=1S/C16H26N2O2/c1-4-17(10-12(2)3)16(20)14-6-5-9-18(11-14)15(19)13-7-8-13/h13-14H,2,4-11H2,1,3H3. The summed E-state index contributed by atoms with van der Waals surface area (Å²) in [4.78, 5) is 28.5. The summed E-state index contributed by atoms with van der Waals surface area (Å²) in [6, 6.07) is 0. The first-order valence-corrected chi connectivity index (χ1v) is 7.74. The van der Waals surface area contributed by atoms with Gasteiger partial charge in [-0.2, -0.15) is 0 Å². The van der Waals surface area contributed by atoms with Crippen molar-refractivity contribution in [3.8, 4) is 0 Å². The van der Waals surface area contributed by atoms with Gasteiger partial charge in [0.1, 0.15) is 0 Å². The Balaban J connectivity index is 1.94. The lowest BCUT2D eigenvalue weighted by Crippen LogP contribution is -2.47. The van der Waals surface area contributed by atoms with Crippen molar-refractivity contribution in [1.82, 2.24) is 9.80 Å². The van der Waals surface area contributed by atoms with E-state index in [9.17, 15) is 9.59 Å². The van der Waals surface area contributed by atoms with E-state index in [0.29, 0.717) is 19.6 Å². The Morgan fingerprint density at radius 3 is 2.50 bits per heavy atom. The number of likely N-dealkylation sites (N-methyl/N-ethyl adjacent to an activating group) is 1. The lowest BCUT2D eigenvalue weighted by molar-refractivity contribution is -0.141. The van der Waals surface area contributed by atoms with Gasteiger partial charge in [0.05, 0.1) is 5.92 Å². The van der Waals surface area contributed by atoms with Crippen LogP contribution in [0, 0.1) is 11.8 Å². The Hall–Kier alpha value is -1.32. The van der Waals surface area contributed by atoms with Crippen LogP contribution in [0.25, 0.3) is 0 Å². The zero-order valence-corrected chi connectivity index (χ0v) is 12.7. The summed E-state index contributed by atoms with van der Waals surface area (Å²) in [5.74, 6) is 0.682. The van der Waals surface area contributed by atoms with E-state index < -0.39 is 0 Å². The largest absolute Gasteiger partial charge is 0.342 e. The van der Waals surface area contributed by atoms with Crippen LogP contribution in [0.3, 0.4) is 0 Å². The molecule has 112 valence electrons. The quantitative estimate of drug-likeness (QED) is 0.722. The summed E-state index contributed by atoms with van der Waals surface area (Å²) in [6.07, 6.45) is 3.91. The van der Waals surface area contributed by atoms with E-state index in [-0.39, 0.29) is 23.7 Å². The van der Waals surface area contributed by atoms with Crippen molar-refractivity contribution >= 4 is 11.8 Å². The number of hydrogen-bond acceptors (Lipinski definition) is 2. The maximum Gasteiger partial charge on any atom is 0.227 e. The molecule has 2 fully saturated rings. The third-order valence-electron chi connectivity index (χ3n) is 4.16. The van der Waals surface area contributed by atoms with Crippen LogP contribution in [0.15, 0.2) is 12.2 Å². The van der Waals surface area contributed by atoms with Gasteiger partial charge in [-0.1, -0.05) is 12.2 Å². The minimum absolute atomic E-state index is 0.0225. The summed E-state index contributed by atoms with van der Waals surface area (Å²) in [7, 11) is 0. The van der Waals surface area contributed by atoms with Crippen molar-refractivity contribution in [2.24, 2.45) is 11.8 Å². The van der Waals surface area contributed by atoms with E-state index in [4.69, 9.17) is 0 Å². The van der Waals surface area contributed by atoms with Crippen molar-refractivity contribution < 1.29 is 9.59 Å². The van der Waals surface area contributed by atoms with Gasteiger partial charge in [0.15, 0.2) is 0 Å². The molecule has 1 saturated carbocycles. The van der Waals surface area contributed by atoms with Crippen LogP contribution in [-0.2, 0) is 9.59 Å². The summed E-state index contributed by atoms with van der Waals surface area (Å²) in [6.45, 7) is 10.6. The van der Waals surface area contributed by atoms with Crippen LogP contribution in [0.4, 0.5) is 0 Å². The van der Waals surface area contributed by atoms with Gasteiger partial charge >= 0.3 is 0 Å². The Morgan fingerprint density at radius 2 is 1.95 bits per heavy atom. The fourth-order valence-electron chi connectivity index (χ4n) is 2.90. The maximum absolute atomic E-state index is 12.6. The Morgan fingerprint density at radius 1 is 1.25 bits per heavy atom. The van der Waals surface area contributed by atoms with Gasteiger partial charge in [-0.3, -0.25) is 9.59 Å². The van der Waals surface area contributed by atoms with Crippen molar-refractivity contribution in [2.45, 2.75) is 39.5 Å². The van der Waals surface area contributed by atoms with Crippen LogP contribution in [0.5, 0.6) is 0 Å². The first-order chi connectivity index (χ1) is 9.52. The molecule has 20 heavy (non-hydrogen) atoms. The predicted molar refractivity (Wildman–Crippen MR) is 79.1 cm³/mol. The number of carbonyl (C=O) groups excluding carboxylic acids is 2. The predicted octanol–water partition coefficient (Wildman–Crippen LogP) is 2.06. The normalized spacial score (nSPS) is 22.5. The molecule has 0 aromatic heterocycles. The van der Waals surface area contributed by atoms with Crippen LogP contribution in [0.2, 0.25) is 0 Å². The average molecular weight is 278 g/mol. The van der Waals surface area contributed by atoms with Gasteiger partial charge in [0, 0.05) is 32.1 Å². The summed E-state index contributed by atoms with van der Waals surface area (Å²) >= 11 is 0. The van der Waals surface area contributed by atoms with Crippen molar-refractivity contribution in [3.63, 3.8) is 0 Å². The van der Waals surface area contributed by atoms with Crippen LogP contribution >= 0.6 is 0 Å². The Kier molecular flexibility index (Phi) is 4.84. The number of hydrogen-bond donors (Lipinski definition) is 0. The molecule has 1 aliphatic carbocycles. The van der Waals surface area contributed by atoms with Gasteiger partial charge in [0.2, 0.25) is 11.8 Å². The zero-order chi connectivity index (χ0) is 14.7. The SMILES string of the molecule is C=C(C)CN(CC)C(=O)C1CCCN(C(=O)C2CC2)C1. The highest BCUT2D eigenvalue weighted by atomic mass is 16.2. The first-order valence-electron chi connectivity index (χ1n) is 7.74. The number of piperidine rings is 1. The molecule has 0 radical (unpaired) electrons. The molecule has 0 spiro atoms. The van der Waals surface area contributed by atoms with E-state index in [2.05, 4.69) is 6.58 Å². The fraction of sp³-hybridized carbons (Fsp3) is 0.750. The molecule has 1 saturated heterocycles. The number of rotatable bonds is 5. The molecule has 1 heterocycles. The van der Waals surface area contributed by atoms with E-state index in [0.717, 1.165) is 37.8 Å². The van der Waals surface area contributed by atoms with Crippen molar-refractivity contribution in [3.05, 3.63) is 12.2 Å². The van der Waals surface area contributed by atoms with Crippen LogP contribution in [0.1, 0.15) is 39.5 Å². The highest BCUT2D eigenvalue weighted by molar-refractivity contribution is 5.83. The zero-order valence-electron chi connectivity index (χ0n) is 12.7. The molecule has 0 bridgehead atoms. The molecule has 4 nitrogen and oxygen atoms in total. The summed E-state index contributed by atoms with van der Waals surface area (Å²) in [5.41, 5.74) is 1.00. The molecule has 4 heteroatoms. The average Bonchev–Trinajstić information content (AvgIpc) is 3.27. The number of nitrogens with zero attached hydrogens (tertiary/aromatic N) is 2. The van der Waals surface area contributed by atoms with Crippen LogP contribution in [-0.4, -0.2) is 47.8 Å². The molecule has 1 unspecified atom stereocenters. The van der Waals surface area contributed by atoms with Gasteiger partial charge in [-0.25, -0.2) is 0 Å². The fourth-order valence-corrected chi connectivity index (χ4v) is 2.90. The Labute approximate surface area is 121 Å². The van der Waals surface area contributed by atoms with Crippen molar-refractivity contribution in [1.29, 1.82) is 0 Å². The topological polar surface area (TPSA) is 40.6 Å². The minimum Gasteiger partial charge on any atom is -0.342 e. The number of likely N-dealkylation sites (tertiary alicyclic amines) is 1. The van der Waals surface area contributed by atoms with E-state index in [1.807, 2.05) is 23.6 Å². The smallest absolute Gasteiger partial charge is 0.227 e. The number of amides is 2. The maximum atomic E-state index is 12.6. The monoisotopic (exact) mass is 278 g/mol. The summed E-state index contributed by atoms with van der Waals surface area (Å²) < 4.78 is 0. The van der Waals surface area contributed by atoms with Gasteiger partial charge in [-0.05, 0) is 39.5 Å². The van der Waals surface area contributed by atoms with E-state index in [1.165, 1.54) is 0 Å². The molecule has 0 N–H and O–H groups in total. The molecule has 1 atom stereocenters. The van der Waals surface area contributed by atoms with Gasteiger partial charge in [0.25, 0.3) is 0 Å². The molecular weight excluding hydrogens is 252 g/mol. The highest BCUT2D eigenvalue weighted by Crippen LogP contribution is 2.32. The molecule has 1 aliphatic heterocycles. The first kappa shape index (κ1) is 15.1. The molecule has 2 aliphatic rings. The third-order valence-corrected chi connectivity index (χ3v) is 4.16. The number of carbonyl (C=O) groups is 2. The molecule has 0 aromatic carbocycles. The van der Waals surface area contributed by atoms with Gasteiger partial charge in [-0.15, -0.1) is 0 Å². The Bertz CT molecular complexity index is 401. The van der Waals surface area contributed by atoms with Crippen molar-refractivity contribution in [2.75, 3.05) is 26.2 Å². The van der Waals surface area contributed by atoms with E-state index in [1.54, 1.807) is 0 Å². The lowest BCUT2D eigenvalue weighted by atomic mass is 9.96. The summed E-state index contributed by atoms with van der Waals surface area (Å²) in [5, 5.41) is 0. The van der Waals surface area contributed by atoms with E-state index >= 15 is 0 Å². The minimum atomic E-state index is -0.0225. The molecule has 0 aromatic rings. The molecule has 2 rings (SSSR count). The van der Waals surface area contributed by atoms with Gasteiger partial charge < -0.3 is 9.80 Å². The third kappa shape index (κ3) is 3.62.